The molecule has 19 heavy (non-hydrogen) atoms. The Balaban J connectivity index is 1.99. The fourth-order valence-corrected chi connectivity index (χ4v) is 3.28. The van der Waals surface area contributed by atoms with Crippen molar-refractivity contribution in [3.8, 4) is 0 Å². The number of anilines is 1. The van der Waals surface area contributed by atoms with Gasteiger partial charge in [0.2, 0.25) is 0 Å². The Morgan fingerprint density at radius 3 is 3.16 bits per heavy atom. The van der Waals surface area contributed by atoms with Crippen molar-refractivity contribution in [2.45, 2.75) is 37.7 Å². The number of nitro groups is 1. The molecule has 3 rings (SSSR count). The molecule has 5 nitrogen and oxygen atoms in total. The highest BCUT2D eigenvalue weighted by Crippen LogP contribution is 2.46. The lowest BCUT2D eigenvalue weighted by Gasteiger charge is -2.37. The molecule has 102 valence electrons. The first-order chi connectivity index (χ1) is 9.14. The molecule has 5 heteroatoms. The second-order valence-electron chi connectivity index (χ2n) is 5.48. The van der Waals surface area contributed by atoms with Crippen molar-refractivity contribution in [1.82, 2.24) is 0 Å². The van der Waals surface area contributed by atoms with E-state index in [-0.39, 0.29) is 22.1 Å². The van der Waals surface area contributed by atoms with Crippen molar-refractivity contribution in [2.75, 3.05) is 18.5 Å². The molecule has 1 saturated heterocycles. The van der Waals surface area contributed by atoms with Gasteiger partial charge in [0.15, 0.2) is 0 Å². The lowest BCUT2D eigenvalue weighted by Crippen LogP contribution is -2.40. The maximum absolute atomic E-state index is 11.0. The van der Waals surface area contributed by atoms with Gasteiger partial charge in [-0.2, -0.15) is 0 Å². The van der Waals surface area contributed by atoms with Crippen LogP contribution in [0.25, 0.3) is 0 Å². The van der Waals surface area contributed by atoms with Crippen molar-refractivity contribution in [2.24, 2.45) is 0 Å². The Labute approximate surface area is 112 Å². The third-order valence-electron chi connectivity index (χ3n) is 4.41. The summed E-state index contributed by atoms with van der Waals surface area (Å²) >= 11 is 0. The van der Waals surface area contributed by atoms with Crippen molar-refractivity contribution in [3.63, 3.8) is 0 Å². The number of nitro benzene ring substituents is 1. The molecule has 0 amide bonds. The summed E-state index contributed by atoms with van der Waals surface area (Å²) in [6, 6.07) is 5.15. The van der Waals surface area contributed by atoms with Crippen LogP contribution in [0.2, 0.25) is 0 Å². The summed E-state index contributed by atoms with van der Waals surface area (Å²) < 4.78 is 5.74. The van der Waals surface area contributed by atoms with E-state index < -0.39 is 0 Å². The summed E-state index contributed by atoms with van der Waals surface area (Å²) in [7, 11) is 0. The predicted octanol–water partition coefficient (Wildman–Crippen LogP) is 2.85. The first-order valence-electron chi connectivity index (χ1n) is 6.79. The van der Waals surface area contributed by atoms with E-state index in [1.165, 1.54) is 0 Å². The molecule has 1 fully saturated rings. The predicted molar refractivity (Wildman–Crippen MR) is 72.5 cm³/mol. The summed E-state index contributed by atoms with van der Waals surface area (Å²) in [6.45, 7) is 3.73. The number of rotatable bonds is 2. The van der Waals surface area contributed by atoms with E-state index in [2.05, 4.69) is 12.2 Å². The quantitative estimate of drug-likeness (QED) is 0.657. The summed E-state index contributed by atoms with van der Waals surface area (Å²) in [5, 5.41) is 14.3. The molecule has 2 heterocycles. The molecule has 1 spiro atoms. The summed E-state index contributed by atoms with van der Waals surface area (Å²) in [4.78, 5) is 10.6. The summed E-state index contributed by atoms with van der Waals surface area (Å²) in [5.41, 5.74) is 2.34. The van der Waals surface area contributed by atoms with Gasteiger partial charge in [-0.1, -0.05) is 6.92 Å². The average molecular weight is 262 g/mol. The fourth-order valence-electron chi connectivity index (χ4n) is 3.28. The van der Waals surface area contributed by atoms with Crippen LogP contribution >= 0.6 is 0 Å². The van der Waals surface area contributed by atoms with Gasteiger partial charge in [-0.25, -0.2) is 0 Å². The highest BCUT2D eigenvalue weighted by Gasteiger charge is 2.43. The number of benzene rings is 1. The van der Waals surface area contributed by atoms with Crippen molar-refractivity contribution in [3.05, 3.63) is 33.9 Å². The standard InChI is InChI=1S/C14H18N2O3/c1-2-11-8-14(5-6-19-11)9-15-13-4-3-10(16(17)18)7-12(13)14/h3-4,7,11,15H,2,5-6,8-9H2,1H3. The van der Waals surface area contributed by atoms with Gasteiger partial charge in [-0.15, -0.1) is 0 Å². The highest BCUT2D eigenvalue weighted by molar-refractivity contribution is 5.64. The Bertz CT molecular complexity index is 513. The number of nitrogens with zero attached hydrogens (tertiary/aromatic N) is 1. The van der Waals surface area contributed by atoms with Crippen LogP contribution < -0.4 is 5.32 Å². The Hall–Kier alpha value is -1.62. The minimum Gasteiger partial charge on any atom is -0.384 e. The Morgan fingerprint density at radius 2 is 2.42 bits per heavy atom. The normalized spacial score (nSPS) is 29.0. The van der Waals surface area contributed by atoms with E-state index >= 15 is 0 Å². The van der Waals surface area contributed by atoms with E-state index in [4.69, 9.17) is 4.74 Å². The largest absolute Gasteiger partial charge is 0.384 e. The molecule has 0 aromatic heterocycles. The smallest absolute Gasteiger partial charge is 0.269 e. The number of ether oxygens (including phenoxy) is 1. The second-order valence-corrected chi connectivity index (χ2v) is 5.48. The lowest BCUT2D eigenvalue weighted by molar-refractivity contribution is -0.384. The van der Waals surface area contributed by atoms with Gasteiger partial charge in [0.25, 0.3) is 5.69 Å². The van der Waals surface area contributed by atoms with Gasteiger partial charge in [-0.05, 0) is 30.9 Å². The molecule has 1 aromatic rings. The number of fused-ring (bicyclic) bond motifs is 2. The zero-order valence-corrected chi connectivity index (χ0v) is 11.0. The maximum Gasteiger partial charge on any atom is 0.269 e. The molecule has 0 saturated carbocycles. The minimum absolute atomic E-state index is 0.0142. The van der Waals surface area contributed by atoms with E-state index in [9.17, 15) is 10.1 Å². The molecule has 2 aliphatic heterocycles. The zero-order valence-electron chi connectivity index (χ0n) is 11.0. The first kappa shape index (κ1) is 12.4. The fraction of sp³-hybridized carbons (Fsp3) is 0.571. The van der Waals surface area contributed by atoms with Crippen LogP contribution in [-0.4, -0.2) is 24.2 Å². The summed E-state index contributed by atoms with van der Waals surface area (Å²) in [6.07, 6.45) is 3.14. The second kappa shape index (κ2) is 4.49. The first-order valence-corrected chi connectivity index (χ1v) is 6.79. The Morgan fingerprint density at radius 1 is 1.58 bits per heavy atom. The molecule has 1 aromatic carbocycles. The van der Waals surface area contributed by atoms with Gasteiger partial charge in [-0.3, -0.25) is 10.1 Å². The van der Waals surface area contributed by atoms with Crippen LogP contribution in [0, 0.1) is 10.1 Å². The van der Waals surface area contributed by atoms with Crippen LogP contribution in [0.3, 0.4) is 0 Å². The average Bonchev–Trinajstić information content (AvgIpc) is 2.77. The van der Waals surface area contributed by atoms with Gasteiger partial charge < -0.3 is 10.1 Å². The van der Waals surface area contributed by atoms with E-state index in [1.807, 2.05) is 6.07 Å². The van der Waals surface area contributed by atoms with Crippen LogP contribution in [0.15, 0.2) is 18.2 Å². The van der Waals surface area contributed by atoms with Crippen LogP contribution in [0.5, 0.6) is 0 Å². The van der Waals surface area contributed by atoms with E-state index in [1.54, 1.807) is 12.1 Å². The van der Waals surface area contributed by atoms with Gasteiger partial charge in [0.1, 0.15) is 0 Å². The number of hydrogen-bond acceptors (Lipinski definition) is 4. The van der Waals surface area contributed by atoms with E-state index in [0.717, 1.165) is 43.7 Å². The molecule has 1 N–H and O–H groups in total. The van der Waals surface area contributed by atoms with Crippen LogP contribution in [0.1, 0.15) is 31.7 Å². The lowest BCUT2D eigenvalue weighted by atomic mass is 9.73. The number of hydrogen-bond donors (Lipinski definition) is 1. The molecular weight excluding hydrogens is 244 g/mol. The van der Waals surface area contributed by atoms with Gasteiger partial charge in [0.05, 0.1) is 11.0 Å². The molecule has 2 unspecified atom stereocenters. The molecule has 0 bridgehead atoms. The van der Waals surface area contributed by atoms with Crippen LogP contribution in [-0.2, 0) is 10.2 Å². The molecule has 2 atom stereocenters. The SMILES string of the molecule is CCC1CC2(CCO1)CNc1ccc([N+](=O)[O-])cc12. The molecular formula is C14H18N2O3. The molecule has 0 radical (unpaired) electrons. The zero-order chi connectivity index (χ0) is 13.5. The van der Waals surface area contributed by atoms with Gasteiger partial charge >= 0.3 is 0 Å². The van der Waals surface area contributed by atoms with Gasteiger partial charge in [0, 0.05) is 36.4 Å². The third-order valence-corrected chi connectivity index (χ3v) is 4.41. The van der Waals surface area contributed by atoms with Crippen molar-refractivity contribution in [1.29, 1.82) is 0 Å². The molecule has 0 aliphatic carbocycles. The monoisotopic (exact) mass is 262 g/mol. The minimum atomic E-state index is -0.317. The number of nitrogens with one attached hydrogen (secondary N) is 1. The third kappa shape index (κ3) is 1.98. The molecule has 2 aliphatic rings. The van der Waals surface area contributed by atoms with Crippen LogP contribution in [0.4, 0.5) is 11.4 Å². The number of non-ortho nitro benzene ring substituents is 1. The highest BCUT2D eigenvalue weighted by atomic mass is 16.6. The van der Waals surface area contributed by atoms with E-state index in [0.29, 0.717) is 0 Å². The topological polar surface area (TPSA) is 64.4 Å². The van der Waals surface area contributed by atoms with Crippen molar-refractivity contribution < 1.29 is 9.66 Å². The maximum atomic E-state index is 11.0. The van der Waals surface area contributed by atoms with Crippen molar-refractivity contribution >= 4 is 11.4 Å². The Kier molecular flexibility index (Phi) is 2.93. The summed E-state index contributed by atoms with van der Waals surface area (Å²) in [5.74, 6) is 0.